The van der Waals surface area contributed by atoms with Crippen molar-refractivity contribution in [2.45, 2.75) is 17.9 Å². The average Bonchev–Trinajstić information content (AvgIpc) is 3.04. The molecule has 6 heteroatoms. The Morgan fingerprint density at radius 2 is 1.68 bits per heavy atom. The van der Waals surface area contributed by atoms with Crippen LogP contribution in [0.5, 0.6) is 0 Å². The highest BCUT2D eigenvalue weighted by molar-refractivity contribution is 7.90. The van der Waals surface area contributed by atoms with Gasteiger partial charge in [-0.1, -0.05) is 42.5 Å². The highest BCUT2D eigenvalue weighted by Gasteiger charge is 2.16. The number of nitrogens with zero attached hydrogens (tertiary/aromatic N) is 2. The molecule has 0 saturated heterocycles. The number of hydrogen-bond acceptors (Lipinski definition) is 4. The molecule has 1 aromatic heterocycles. The standard InChI is InChI=1S/C19H20N2O3S/c1-25(23,24)17-10-8-16(9-11-17)19-18(15-6-3-2-4-7-15)20-14-21(19)12-5-13-22/h2-4,6-11,14,22H,5,12-13H2,1H3. The first-order valence-electron chi connectivity index (χ1n) is 8.02. The summed E-state index contributed by atoms with van der Waals surface area (Å²) in [5.41, 5.74) is 3.64. The van der Waals surface area contributed by atoms with E-state index in [4.69, 9.17) is 5.11 Å². The summed E-state index contributed by atoms with van der Waals surface area (Å²) < 4.78 is 25.4. The molecule has 130 valence electrons. The van der Waals surface area contributed by atoms with Gasteiger partial charge < -0.3 is 9.67 Å². The molecule has 0 unspecified atom stereocenters. The van der Waals surface area contributed by atoms with Gasteiger partial charge in [0.15, 0.2) is 9.84 Å². The van der Waals surface area contributed by atoms with E-state index >= 15 is 0 Å². The van der Waals surface area contributed by atoms with Crippen LogP contribution in [0.4, 0.5) is 0 Å². The highest BCUT2D eigenvalue weighted by Crippen LogP contribution is 2.32. The number of sulfone groups is 1. The number of aryl methyl sites for hydroxylation is 1. The molecule has 3 rings (SSSR count). The lowest BCUT2D eigenvalue weighted by molar-refractivity contribution is 0.280. The van der Waals surface area contributed by atoms with Crippen LogP contribution >= 0.6 is 0 Å². The molecule has 0 saturated carbocycles. The number of aliphatic hydroxyl groups is 1. The van der Waals surface area contributed by atoms with E-state index in [0.29, 0.717) is 17.9 Å². The van der Waals surface area contributed by atoms with Gasteiger partial charge in [-0.15, -0.1) is 0 Å². The van der Waals surface area contributed by atoms with Crippen LogP contribution in [-0.4, -0.2) is 35.9 Å². The second kappa shape index (κ2) is 7.21. The van der Waals surface area contributed by atoms with E-state index in [1.807, 2.05) is 34.9 Å². The molecular weight excluding hydrogens is 336 g/mol. The quantitative estimate of drug-likeness (QED) is 0.737. The summed E-state index contributed by atoms with van der Waals surface area (Å²) in [5, 5.41) is 9.14. The fourth-order valence-electron chi connectivity index (χ4n) is 2.76. The zero-order chi connectivity index (χ0) is 17.9. The first-order chi connectivity index (χ1) is 12.0. The first-order valence-corrected chi connectivity index (χ1v) is 9.92. The van der Waals surface area contributed by atoms with Crippen LogP contribution in [0.2, 0.25) is 0 Å². The molecule has 25 heavy (non-hydrogen) atoms. The third kappa shape index (κ3) is 3.81. The van der Waals surface area contributed by atoms with E-state index in [-0.39, 0.29) is 6.61 Å². The summed E-state index contributed by atoms with van der Waals surface area (Å²) in [6.07, 6.45) is 3.58. The SMILES string of the molecule is CS(=O)(=O)c1ccc(-c2c(-c3ccccc3)ncn2CCCO)cc1. The molecule has 1 N–H and O–H groups in total. The third-order valence-corrected chi connectivity index (χ3v) is 5.13. The van der Waals surface area contributed by atoms with Gasteiger partial charge in [0.1, 0.15) is 0 Å². The van der Waals surface area contributed by atoms with Crippen molar-refractivity contribution in [3.63, 3.8) is 0 Å². The number of benzene rings is 2. The van der Waals surface area contributed by atoms with Crippen LogP contribution < -0.4 is 0 Å². The van der Waals surface area contributed by atoms with E-state index < -0.39 is 9.84 Å². The second-order valence-corrected chi connectivity index (χ2v) is 7.89. The van der Waals surface area contributed by atoms with Gasteiger partial charge >= 0.3 is 0 Å². The lowest BCUT2D eigenvalue weighted by Gasteiger charge is -2.11. The fraction of sp³-hybridized carbons (Fsp3) is 0.211. The molecule has 0 aliphatic rings. The van der Waals surface area contributed by atoms with Crippen molar-refractivity contribution in [1.82, 2.24) is 9.55 Å². The van der Waals surface area contributed by atoms with Crippen LogP contribution in [0.1, 0.15) is 6.42 Å². The number of rotatable bonds is 6. The molecular formula is C19H20N2O3S. The van der Waals surface area contributed by atoms with Gasteiger partial charge in [-0.3, -0.25) is 0 Å². The van der Waals surface area contributed by atoms with Crippen molar-refractivity contribution in [2.75, 3.05) is 12.9 Å². The van der Waals surface area contributed by atoms with E-state index in [1.54, 1.807) is 30.6 Å². The molecule has 0 amide bonds. The molecule has 2 aromatic carbocycles. The van der Waals surface area contributed by atoms with Gasteiger partial charge in [0, 0.05) is 30.5 Å². The summed E-state index contributed by atoms with van der Waals surface area (Å²) in [6, 6.07) is 16.7. The number of hydrogen-bond donors (Lipinski definition) is 1. The van der Waals surface area contributed by atoms with Crippen molar-refractivity contribution in [1.29, 1.82) is 0 Å². The summed E-state index contributed by atoms with van der Waals surface area (Å²) in [5.74, 6) is 0. The lowest BCUT2D eigenvalue weighted by Crippen LogP contribution is -2.02. The predicted octanol–water partition coefficient (Wildman–Crippen LogP) is 3.00. The molecule has 0 fully saturated rings. The predicted molar refractivity (Wildman–Crippen MR) is 97.9 cm³/mol. The van der Waals surface area contributed by atoms with Crippen molar-refractivity contribution < 1.29 is 13.5 Å². The monoisotopic (exact) mass is 356 g/mol. The van der Waals surface area contributed by atoms with Gasteiger partial charge in [0.05, 0.1) is 22.6 Å². The Bertz CT molecular complexity index is 946. The van der Waals surface area contributed by atoms with Crippen molar-refractivity contribution in [2.24, 2.45) is 0 Å². The van der Waals surface area contributed by atoms with Gasteiger partial charge in [0.25, 0.3) is 0 Å². The summed E-state index contributed by atoms with van der Waals surface area (Å²) in [6.45, 7) is 0.741. The topological polar surface area (TPSA) is 72.2 Å². The maximum absolute atomic E-state index is 11.7. The Morgan fingerprint density at radius 3 is 2.28 bits per heavy atom. The van der Waals surface area contributed by atoms with Gasteiger partial charge in [-0.25, -0.2) is 13.4 Å². The maximum atomic E-state index is 11.7. The van der Waals surface area contributed by atoms with Gasteiger partial charge in [-0.2, -0.15) is 0 Å². The highest BCUT2D eigenvalue weighted by atomic mass is 32.2. The number of aliphatic hydroxyl groups excluding tert-OH is 1. The van der Waals surface area contributed by atoms with Crippen LogP contribution in [-0.2, 0) is 16.4 Å². The van der Waals surface area contributed by atoms with Crippen molar-refractivity contribution in [3.8, 4) is 22.5 Å². The Labute approximate surface area is 147 Å². The minimum absolute atomic E-state index is 0.102. The average molecular weight is 356 g/mol. The lowest BCUT2D eigenvalue weighted by atomic mass is 10.0. The number of imidazole rings is 1. The Hall–Kier alpha value is -2.44. The van der Waals surface area contributed by atoms with Crippen molar-refractivity contribution in [3.05, 3.63) is 60.9 Å². The largest absolute Gasteiger partial charge is 0.396 e. The summed E-state index contributed by atoms with van der Waals surface area (Å²) >= 11 is 0. The van der Waals surface area contributed by atoms with Crippen LogP contribution in [0, 0.1) is 0 Å². The van der Waals surface area contributed by atoms with E-state index in [2.05, 4.69) is 4.98 Å². The minimum atomic E-state index is -3.23. The second-order valence-electron chi connectivity index (χ2n) is 5.87. The van der Waals surface area contributed by atoms with Crippen LogP contribution in [0.15, 0.2) is 65.8 Å². The molecule has 0 aliphatic heterocycles. The third-order valence-electron chi connectivity index (χ3n) is 4.00. The number of aromatic nitrogens is 2. The Balaban J connectivity index is 2.10. The van der Waals surface area contributed by atoms with E-state index in [1.165, 1.54) is 6.26 Å². The maximum Gasteiger partial charge on any atom is 0.175 e. The summed E-state index contributed by atoms with van der Waals surface area (Å²) in [4.78, 5) is 4.84. The molecule has 0 bridgehead atoms. The van der Waals surface area contributed by atoms with Gasteiger partial charge in [0.2, 0.25) is 0 Å². The zero-order valence-electron chi connectivity index (χ0n) is 14.0. The smallest absolute Gasteiger partial charge is 0.175 e. The normalized spacial score (nSPS) is 11.6. The van der Waals surface area contributed by atoms with E-state index in [0.717, 1.165) is 22.5 Å². The Morgan fingerprint density at radius 1 is 1.00 bits per heavy atom. The molecule has 0 radical (unpaired) electrons. The molecule has 3 aromatic rings. The van der Waals surface area contributed by atoms with Crippen LogP contribution in [0.3, 0.4) is 0 Å². The molecule has 0 aliphatic carbocycles. The van der Waals surface area contributed by atoms with E-state index in [9.17, 15) is 8.42 Å². The zero-order valence-corrected chi connectivity index (χ0v) is 14.8. The minimum Gasteiger partial charge on any atom is -0.396 e. The van der Waals surface area contributed by atoms with Gasteiger partial charge in [-0.05, 0) is 18.6 Å². The molecule has 5 nitrogen and oxygen atoms in total. The van der Waals surface area contributed by atoms with Crippen LogP contribution in [0.25, 0.3) is 22.5 Å². The molecule has 1 heterocycles. The summed E-state index contributed by atoms with van der Waals surface area (Å²) in [7, 11) is -3.23. The Kier molecular flexibility index (Phi) is 5.01. The first kappa shape index (κ1) is 17.4. The van der Waals surface area contributed by atoms with Crippen molar-refractivity contribution >= 4 is 9.84 Å². The molecule has 0 atom stereocenters. The molecule has 0 spiro atoms. The fourth-order valence-corrected chi connectivity index (χ4v) is 3.39.